The first-order chi connectivity index (χ1) is 9.74. The monoisotopic (exact) mass is 309 g/mol. The summed E-state index contributed by atoms with van der Waals surface area (Å²) in [4.78, 5) is 1.41. The number of fused-ring (bicyclic) bond motifs is 1. The third kappa shape index (κ3) is 3.35. The Hall–Kier alpha value is -0.180. The van der Waals surface area contributed by atoms with Crippen LogP contribution in [0, 0.1) is 5.92 Å². The molecule has 0 aromatic heterocycles. The van der Waals surface area contributed by atoms with Crippen LogP contribution in [0.4, 0.5) is 0 Å². The summed E-state index contributed by atoms with van der Waals surface area (Å²) < 4.78 is 0. The smallest absolute Gasteiger partial charge is 0.0410 e. The SMILES string of the molecule is CC(NC1CCSc2ccc(Cl)cc21)C1CCCCC1. The Kier molecular flexibility index (Phi) is 4.95. The predicted molar refractivity (Wildman–Crippen MR) is 88.7 cm³/mol. The molecule has 1 N–H and O–H groups in total. The van der Waals surface area contributed by atoms with Gasteiger partial charge < -0.3 is 5.32 Å². The number of hydrogen-bond acceptors (Lipinski definition) is 2. The van der Waals surface area contributed by atoms with E-state index < -0.39 is 0 Å². The lowest BCUT2D eigenvalue weighted by Gasteiger charge is -2.34. The van der Waals surface area contributed by atoms with Gasteiger partial charge in [-0.2, -0.15) is 0 Å². The molecule has 2 unspecified atom stereocenters. The quantitative estimate of drug-likeness (QED) is 0.798. The van der Waals surface area contributed by atoms with Crippen LogP contribution in [0.15, 0.2) is 23.1 Å². The van der Waals surface area contributed by atoms with Gasteiger partial charge in [0.05, 0.1) is 0 Å². The molecule has 2 aliphatic rings. The molecule has 3 rings (SSSR count). The van der Waals surface area contributed by atoms with Crippen molar-refractivity contribution >= 4 is 23.4 Å². The number of benzene rings is 1. The van der Waals surface area contributed by atoms with Crippen LogP contribution >= 0.6 is 23.4 Å². The highest BCUT2D eigenvalue weighted by Gasteiger charge is 2.26. The molecular formula is C17H24ClNS. The standard InChI is InChI=1S/C17H24ClNS/c1-12(13-5-3-2-4-6-13)19-16-9-10-20-17-8-7-14(18)11-15(16)17/h7-8,11-13,16,19H,2-6,9-10H2,1H3. The highest BCUT2D eigenvalue weighted by Crippen LogP contribution is 2.38. The van der Waals surface area contributed by atoms with E-state index in [4.69, 9.17) is 11.6 Å². The molecule has 0 saturated heterocycles. The van der Waals surface area contributed by atoms with Crippen molar-refractivity contribution in [3.05, 3.63) is 28.8 Å². The Labute approximate surface area is 131 Å². The fourth-order valence-electron chi connectivity index (χ4n) is 3.63. The van der Waals surface area contributed by atoms with Crippen molar-refractivity contribution < 1.29 is 0 Å². The number of thioether (sulfide) groups is 1. The Morgan fingerprint density at radius 2 is 2.00 bits per heavy atom. The Morgan fingerprint density at radius 1 is 1.20 bits per heavy atom. The fourth-order valence-corrected chi connectivity index (χ4v) is 4.91. The van der Waals surface area contributed by atoms with Gasteiger partial charge in [0, 0.05) is 22.0 Å². The van der Waals surface area contributed by atoms with Gasteiger partial charge in [-0.1, -0.05) is 30.9 Å². The van der Waals surface area contributed by atoms with Crippen LogP contribution in [0.2, 0.25) is 5.02 Å². The van der Waals surface area contributed by atoms with Gasteiger partial charge in [0.2, 0.25) is 0 Å². The maximum atomic E-state index is 6.19. The molecule has 20 heavy (non-hydrogen) atoms. The summed E-state index contributed by atoms with van der Waals surface area (Å²) in [6.45, 7) is 2.38. The Morgan fingerprint density at radius 3 is 2.80 bits per heavy atom. The third-order valence-corrected chi connectivity index (χ3v) is 6.19. The molecule has 1 nitrogen and oxygen atoms in total. The van der Waals surface area contributed by atoms with E-state index in [1.807, 2.05) is 17.8 Å². The van der Waals surface area contributed by atoms with E-state index in [1.165, 1.54) is 54.7 Å². The zero-order chi connectivity index (χ0) is 13.9. The average Bonchev–Trinajstić information content (AvgIpc) is 2.49. The molecule has 0 bridgehead atoms. The number of rotatable bonds is 3. The van der Waals surface area contributed by atoms with Crippen molar-refractivity contribution in [3.8, 4) is 0 Å². The van der Waals surface area contributed by atoms with Gasteiger partial charge in [0.15, 0.2) is 0 Å². The van der Waals surface area contributed by atoms with Gasteiger partial charge in [-0.05, 0) is 61.6 Å². The normalized spacial score (nSPS) is 25.2. The molecule has 0 amide bonds. The van der Waals surface area contributed by atoms with Crippen molar-refractivity contribution in [2.75, 3.05) is 5.75 Å². The molecule has 1 heterocycles. The summed E-state index contributed by atoms with van der Waals surface area (Å²) in [6, 6.07) is 7.47. The van der Waals surface area contributed by atoms with Crippen molar-refractivity contribution in [2.24, 2.45) is 5.92 Å². The lowest BCUT2D eigenvalue weighted by Crippen LogP contribution is -2.38. The fraction of sp³-hybridized carbons (Fsp3) is 0.647. The van der Waals surface area contributed by atoms with E-state index in [-0.39, 0.29) is 0 Å². The van der Waals surface area contributed by atoms with Gasteiger partial charge in [0.25, 0.3) is 0 Å². The van der Waals surface area contributed by atoms with Crippen LogP contribution in [0.3, 0.4) is 0 Å². The first-order valence-electron chi connectivity index (χ1n) is 7.92. The third-order valence-electron chi connectivity index (χ3n) is 4.83. The number of halogens is 1. The van der Waals surface area contributed by atoms with Gasteiger partial charge in [-0.3, -0.25) is 0 Å². The molecular weight excluding hydrogens is 286 g/mol. The van der Waals surface area contributed by atoms with Crippen molar-refractivity contribution in [3.63, 3.8) is 0 Å². The molecule has 0 radical (unpaired) electrons. The minimum atomic E-state index is 0.488. The van der Waals surface area contributed by atoms with E-state index in [9.17, 15) is 0 Å². The lowest BCUT2D eigenvalue weighted by atomic mass is 9.84. The van der Waals surface area contributed by atoms with E-state index in [0.29, 0.717) is 12.1 Å². The van der Waals surface area contributed by atoms with Crippen molar-refractivity contribution in [1.82, 2.24) is 5.32 Å². The van der Waals surface area contributed by atoms with Crippen LogP contribution in [-0.2, 0) is 0 Å². The van der Waals surface area contributed by atoms with Crippen LogP contribution in [0.5, 0.6) is 0 Å². The van der Waals surface area contributed by atoms with Crippen LogP contribution in [0.25, 0.3) is 0 Å². The lowest BCUT2D eigenvalue weighted by molar-refractivity contribution is 0.261. The second-order valence-electron chi connectivity index (χ2n) is 6.23. The summed E-state index contributed by atoms with van der Waals surface area (Å²) in [5.74, 6) is 2.07. The maximum absolute atomic E-state index is 6.19. The van der Waals surface area contributed by atoms with Crippen LogP contribution in [0.1, 0.15) is 57.1 Å². The topological polar surface area (TPSA) is 12.0 Å². The number of nitrogens with one attached hydrogen (secondary N) is 1. The summed E-state index contributed by atoms with van der Waals surface area (Å²) in [5.41, 5.74) is 1.41. The number of hydrogen-bond donors (Lipinski definition) is 1. The molecule has 1 saturated carbocycles. The average molecular weight is 310 g/mol. The van der Waals surface area contributed by atoms with Crippen LogP contribution in [-0.4, -0.2) is 11.8 Å². The first kappa shape index (κ1) is 14.7. The van der Waals surface area contributed by atoms with E-state index in [0.717, 1.165) is 10.9 Å². The first-order valence-corrected chi connectivity index (χ1v) is 9.28. The second-order valence-corrected chi connectivity index (χ2v) is 7.80. The zero-order valence-electron chi connectivity index (χ0n) is 12.2. The molecule has 0 spiro atoms. The van der Waals surface area contributed by atoms with Gasteiger partial charge in [0.1, 0.15) is 0 Å². The molecule has 1 aliphatic heterocycles. The minimum Gasteiger partial charge on any atom is -0.307 e. The molecule has 2 atom stereocenters. The minimum absolute atomic E-state index is 0.488. The van der Waals surface area contributed by atoms with Gasteiger partial charge in [-0.15, -0.1) is 11.8 Å². The Bertz CT molecular complexity index is 456. The molecule has 3 heteroatoms. The summed E-state index contributed by atoms with van der Waals surface area (Å²) in [7, 11) is 0. The predicted octanol–water partition coefficient (Wildman–Crippen LogP) is 5.44. The molecule has 1 aromatic rings. The Balaban J connectivity index is 1.70. The highest BCUT2D eigenvalue weighted by atomic mass is 35.5. The van der Waals surface area contributed by atoms with E-state index >= 15 is 0 Å². The molecule has 110 valence electrons. The van der Waals surface area contributed by atoms with Gasteiger partial charge in [-0.25, -0.2) is 0 Å². The largest absolute Gasteiger partial charge is 0.307 e. The van der Waals surface area contributed by atoms with Crippen LogP contribution < -0.4 is 5.32 Å². The van der Waals surface area contributed by atoms with Gasteiger partial charge >= 0.3 is 0 Å². The zero-order valence-corrected chi connectivity index (χ0v) is 13.8. The molecule has 1 aliphatic carbocycles. The summed E-state index contributed by atoms with van der Waals surface area (Å²) in [5, 5.41) is 4.76. The molecule has 1 aromatic carbocycles. The second kappa shape index (κ2) is 6.72. The highest BCUT2D eigenvalue weighted by molar-refractivity contribution is 7.99. The maximum Gasteiger partial charge on any atom is 0.0410 e. The van der Waals surface area contributed by atoms with E-state index in [1.54, 1.807) is 0 Å². The summed E-state index contributed by atoms with van der Waals surface area (Å²) >= 11 is 8.16. The van der Waals surface area contributed by atoms with E-state index in [2.05, 4.69) is 24.4 Å². The van der Waals surface area contributed by atoms with Crippen molar-refractivity contribution in [2.45, 2.75) is 62.4 Å². The van der Waals surface area contributed by atoms with Crippen molar-refractivity contribution in [1.29, 1.82) is 0 Å². The molecule has 1 fully saturated rings. The summed E-state index contributed by atoms with van der Waals surface area (Å²) in [6.07, 6.45) is 8.28.